The monoisotopic (exact) mass is 176 g/mol. The summed E-state index contributed by atoms with van der Waals surface area (Å²) in [5, 5.41) is 33.9. The minimum atomic E-state index is -0.412. The molecular formula is C8H16O4. The molecule has 2 saturated carbocycles. The van der Waals surface area contributed by atoms with Crippen LogP contribution in [0.25, 0.3) is 0 Å². The second kappa shape index (κ2) is 4.18. The van der Waals surface area contributed by atoms with Crippen molar-refractivity contribution in [1.82, 2.24) is 0 Å². The third kappa shape index (κ3) is 2.42. The second-order valence-electron chi connectivity index (χ2n) is 3.42. The molecule has 12 heavy (non-hydrogen) atoms. The highest BCUT2D eigenvalue weighted by Crippen LogP contribution is 2.18. The maximum atomic E-state index is 8.47. The number of aliphatic hydroxyl groups is 4. The van der Waals surface area contributed by atoms with Crippen LogP contribution in [0.5, 0.6) is 0 Å². The Balaban J connectivity index is 0.000000120. The average Bonchev–Trinajstić information content (AvgIpc) is 2.12. The van der Waals surface area contributed by atoms with E-state index in [1.807, 2.05) is 0 Å². The first kappa shape index (κ1) is 9.92. The number of hydrogen-bond donors (Lipinski definition) is 4. The van der Waals surface area contributed by atoms with Crippen LogP contribution in [0.15, 0.2) is 0 Å². The molecule has 4 nitrogen and oxygen atoms in total. The summed E-state index contributed by atoms with van der Waals surface area (Å²) in [5.41, 5.74) is 0. The van der Waals surface area contributed by atoms with Gasteiger partial charge in [-0.1, -0.05) is 0 Å². The molecule has 2 rings (SSSR count). The Labute approximate surface area is 71.5 Å². The summed E-state index contributed by atoms with van der Waals surface area (Å²) in [6, 6.07) is 0. The first-order valence-corrected chi connectivity index (χ1v) is 4.33. The molecule has 0 unspecified atom stereocenters. The van der Waals surface area contributed by atoms with Gasteiger partial charge in [-0.2, -0.15) is 0 Å². The number of aliphatic hydroxyl groups excluding tert-OH is 4. The van der Waals surface area contributed by atoms with Crippen molar-refractivity contribution in [3.05, 3.63) is 0 Å². The summed E-state index contributed by atoms with van der Waals surface area (Å²) in [4.78, 5) is 0. The summed E-state index contributed by atoms with van der Waals surface area (Å²) in [7, 11) is 0. The maximum Gasteiger partial charge on any atom is 0.0800 e. The van der Waals surface area contributed by atoms with Crippen molar-refractivity contribution in [3.63, 3.8) is 0 Å². The van der Waals surface area contributed by atoms with Gasteiger partial charge in [-0.15, -0.1) is 0 Å². The summed E-state index contributed by atoms with van der Waals surface area (Å²) in [5.74, 6) is 0. The zero-order valence-corrected chi connectivity index (χ0v) is 6.93. The van der Waals surface area contributed by atoms with Crippen molar-refractivity contribution in [3.8, 4) is 0 Å². The van der Waals surface area contributed by atoms with E-state index in [9.17, 15) is 0 Å². The summed E-state index contributed by atoms with van der Waals surface area (Å²) in [6.07, 6.45) is 1.47. The first-order chi connectivity index (χ1) is 5.61. The van der Waals surface area contributed by atoms with E-state index in [0.717, 1.165) is 25.7 Å². The molecule has 2 aliphatic carbocycles. The molecular weight excluding hydrogens is 160 g/mol. The van der Waals surface area contributed by atoms with Crippen molar-refractivity contribution in [2.24, 2.45) is 0 Å². The Hall–Kier alpha value is -0.160. The van der Waals surface area contributed by atoms with Gasteiger partial charge in [0.15, 0.2) is 0 Å². The van der Waals surface area contributed by atoms with E-state index < -0.39 is 24.4 Å². The van der Waals surface area contributed by atoms with Crippen molar-refractivity contribution < 1.29 is 20.4 Å². The molecule has 0 heterocycles. The fraction of sp³-hybridized carbons (Fsp3) is 1.00. The van der Waals surface area contributed by atoms with Crippen molar-refractivity contribution >= 4 is 0 Å². The molecule has 0 aliphatic heterocycles. The Morgan fingerprint density at radius 1 is 0.500 bits per heavy atom. The van der Waals surface area contributed by atoms with E-state index in [4.69, 9.17) is 20.4 Å². The van der Waals surface area contributed by atoms with Crippen LogP contribution in [0.2, 0.25) is 0 Å². The van der Waals surface area contributed by atoms with Gasteiger partial charge in [0.1, 0.15) is 0 Å². The van der Waals surface area contributed by atoms with Crippen LogP contribution in [0, 0.1) is 0 Å². The molecule has 0 radical (unpaired) electrons. The van der Waals surface area contributed by atoms with Gasteiger partial charge in [0, 0.05) is 0 Å². The fourth-order valence-corrected chi connectivity index (χ4v) is 0.930. The average molecular weight is 176 g/mol. The summed E-state index contributed by atoms with van der Waals surface area (Å²) in [6.45, 7) is 0. The zero-order valence-electron chi connectivity index (χ0n) is 6.93. The minimum Gasteiger partial charge on any atom is -0.390 e. The van der Waals surface area contributed by atoms with Crippen LogP contribution in [0.3, 0.4) is 0 Å². The minimum absolute atomic E-state index is 0.412. The number of rotatable bonds is 0. The second-order valence-corrected chi connectivity index (χ2v) is 3.42. The zero-order chi connectivity index (χ0) is 9.14. The Bertz CT molecular complexity index is 107. The molecule has 0 aromatic rings. The predicted octanol–water partition coefficient (Wildman–Crippen LogP) is -0.996. The van der Waals surface area contributed by atoms with Crippen LogP contribution in [0.4, 0.5) is 0 Å². The normalized spacial score (nSPS) is 45.0. The molecule has 0 bridgehead atoms. The Morgan fingerprint density at radius 2 is 0.667 bits per heavy atom. The topological polar surface area (TPSA) is 80.9 Å². The summed E-state index contributed by atoms with van der Waals surface area (Å²) >= 11 is 0. The molecule has 0 saturated heterocycles. The van der Waals surface area contributed by atoms with Crippen molar-refractivity contribution in [2.75, 3.05) is 0 Å². The predicted molar refractivity (Wildman–Crippen MR) is 42.5 cm³/mol. The van der Waals surface area contributed by atoms with Crippen LogP contribution >= 0.6 is 0 Å². The highest BCUT2D eigenvalue weighted by molar-refractivity contribution is 4.78. The summed E-state index contributed by atoms with van der Waals surface area (Å²) < 4.78 is 0. The molecule has 4 N–H and O–H groups in total. The van der Waals surface area contributed by atoms with E-state index in [0.29, 0.717) is 0 Å². The number of hydrogen-bond acceptors (Lipinski definition) is 4. The molecule has 0 amide bonds. The van der Waals surface area contributed by atoms with E-state index >= 15 is 0 Å². The lowest BCUT2D eigenvalue weighted by atomic mass is 9.93. The van der Waals surface area contributed by atoms with Crippen molar-refractivity contribution in [2.45, 2.75) is 50.1 Å². The molecule has 0 aromatic carbocycles. The molecule has 2 aliphatic rings. The van der Waals surface area contributed by atoms with Gasteiger partial charge in [-0.25, -0.2) is 0 Å². The van der Waals surface area contributed by atoms with Gasteiger partial charge in [0.2, 0.25) is 0 Å². The molecule has 4 heteroatoms. The van der Waals surface area contributed by atoms with E-state index in [1.165, 1.54) is 0 Å². The highest BCUT2D eigenvalue weighted by atomic mass is 16.3. The molecule has 0 aromatic heterocycles. The van der Waals surface area contributed by atoms with E-state index in [1.54, 1.807) is 0 Å². The van der Waals surface area contributed by atoms with E-state index in [-0.39, 0.29) is 0 Å². The van der Waals surface area contributed by atoms with Gasteiger partial charge in [-0.3, -0.25) is 0 Å². The van der Waals surface area contributed by atoms with Crippen LogP contribution in [0.1, 0.15) is 25.7 Å². The fourth-order valence-electron chi connectivity index (χ4n) is 0.930. The Kier molecular flexibility index (Phi) is 3.46. The smallest absolute Gasteiger partial charge is 0.0800 e. The van der Waals surface area contributed by atoms with E-state index in [2.05, 4.69) is 0 Å². The lowest BCUT2D eigenvalue weighted by Crippen LogP contribution is -2.35. The standard InChI is InChI=1S/2C4H8O2/c2*5-3-1-2-4(3)6/h2*3-6H,1-2H2/t2*3-,4+. The quantitative estimate of drug-likeness (QED) is 0.382. The SMILES string of the molecule is O[C@@H]1CC[C@@H]1O.O[C@@H]1CC[C@@H]1O. The molecule has 72 valence electrons. The van der Waals surface area contributed by atoms with Gasteiger partial charge in [0.25, 0.3) is 0 Å². The third-order valence-electron chi connectivity index (χ3n) is 2.40. The molecule has 4 atom stereocenters. The van der Waals surface area contributed by atoms with Crippen molar-refractivity contribution in [1.29, 1.82) is 0 Å². The molecule has 2 fully saturated rings. The lowest BCUT2D eigenvalue weighted by molar-refractivity contribution is -0.0519. The first-order valence-electron chi connectivity index (χ1n) is 4.33. The Morgan fingerprint density at radius 3 is 0.667 bits per heavy atom. The largest absolute Gasteiger partial charge is 0.390 e. The lowest BCUT2D eigenvalue weighted by Gasteiger charge is -2.26. The van der Waals surface area contributed by atoms with Gasteiger partial charge in [0.05, 0.1) is 24.4 Å². The van der Waals surface area contributed by atoms with Gasteiger partial charge >= 0.3 is 0 Å². The molecule has 0 spiro atoms. The van der Waals surface area contributed by atoms with Crippen LogP contribution in [-0.4, -0.2) is 44.8 Å². The maximum absolute atomic E-state index is 8.47. The van der Waals surface area contributed by atoms with Gasteiger partial charge in [-0.05, 0) is 25.7 Å². The van der Waals surface area contributed by atoms with Crippen LogP contribution < -0.4 is 0 Å². The third-order valence-corrected chi connectivity index (χ3v) is 2.40. The van der Waals surface area contributed by atoms with Gasteiger partial charge < -0.3 is 20.4 Å². The van der Waals surface area contributed by atoms with Crippen LogP contribution in [-0.2, 0) is 0 Å². The highest BCUT2D eigenvalue weighted by Gasteiger charge is 2.25.